The van der Waals surface area contributed by atoms with E-state index in [1.165, 1.54) is 11.8 Å². The van der Waals surface area contributed by atoms with Gasteiger partial charge in [-0.05, 0) is 56.7 Å². The van der Waals surface area contributed by atoms with Gasteiger partial charge in [0.2, 0.25) is 0 Å². The van der Waals surface area contributed by atoms with Crippen LogP contribution in [0.5, 0.6) is 23.0 Å². The minimum absolute atomic E-state index is 0.134. The first-order valence-electron chi connectivity index (χ1n) is 12.8. The normalized spacial score (nSPS) is 17.7. The van der Waals surface area contributed by atoms with E-state index in [9.17, 15) is 19.5 Å². The van der Waals surface area contributed by atoms with Gasteiger partial charge in [0.05, 0.1) is 35.4 Å². The number of aromatic nitrogens is 1. The standard InChI is InChI=1S/C29H28N2O8S/c1-5-36-19-9-7-17(13-21(19)37-6-2)24-23(25(33)18-8-10-20-22(14-18)39-12-11-38-20)26(34)28(35)31(24)29-30-15(3)27(40-29)16(4)32/h7-10,13-14,24,33H,5-6,11-12H2,1-4H3/t24-/m0/s1. The third-order valence-corrected chi connectivity index (χ3v) is 7.71. The van der Waals surface area contributed by atoms with Crippen LogP contribution in [0, 0.1) is 6.92 Å². The number of Topliss-reactive ketones (excluding diaryl/α,β-unsaturated/α-hetero) is 2. The topological polar surface area (TPSA) is 124 Å². The summed E-state index contributed by atoms with van der Waals surface area (Å²) in [6.45, 7) is 8.28. The van der Waals surface area contributed by atoms with Crippen LogP contribution in [0.3, 0.4) is 0 Å². The average molecular weight is 565 g/mol. The number of aryl methyl sites for hydroxylation is 1. The second-order valence-corrected chi connectivity index (χ2v) is 10.0. The summed E-state index contributed by atoms with van der Waals surface area (Å²) < 4.78 is 22.7. The van der Waals surface area contributed by atoms with Crippen molar-refractivity contribution in [1.82, 2.24) is 4.98 Å². The van der Waals surface area contributed by atoms with Crippen LogP contribution in [0.25, 0.3) is 5.76 Å². The van der Waals surface area contributed by atoms with Crippen molar-refractivity contribution in [3.05, 3.63) is 63.7 Å². The molecule has 10 nitrogen and oxygen atoms in total. The Balaban J connectivity index is 1.71. The van der Waals surface area contributed by atoms with Gasteiger partial charge in [-0.25, -0.2) is 4.98 Å². The fraction of sp³-hybridized carbons (Fsp3) is 0.310. The number of fused-ring (bicyclic) bond motifs is 1. The molecule has 3 heterocycles. The Morgan fingerprint density at radius 2 is 1.75 bits per heavy atom. The van der Waals surface area contributed by atoms with E-state index in [2.05, 4.69) is 4.98 Å². The molecule has 2 aliphatic rings. The number of anilines is 1. The summed E-state index contributed by atoms with van der Waals surface area (Å²) in [4.78, 5) is 45.4. The summed E-state index contributed by atoms with van der Waals surface area (Å²) in [5.41, 5.74) is 1.08. The van der Waals surface area contributed by atoms with Crippen LogP contribution in [0.1, 0.15) is 53.3 Å². The molecule has 0 aliphatic carbocycles. The number of amides is 1. The van der Waals surface area contributed by atoms with Crippen molar-refractivity contribution >= 4 is 39.7 Å². The maximum atomic E-state index is 13.6. The molecule has 11 heteroatoms. The zero-order chi connectivity index (χ0) is 28.6. The van der Waals surface area contributed by atoms with Crippen LogP contribution in [0.2, 0.25) is 0 Å². The van der Waals surface area contributed by atoms with Gasteiger partial charge in [-0.15, -0.1) is 0 Å². The summed E-state index contributed by atoms with van der Waals surface area (Å²) in [7, 11) is 0. The summed E-state index contributed by atoms with van der Waals surface area (Å²) in [6.07, 6.45) is 0. The van der Waals surface area contributed by atoms with Gasteiger partial charge in [-0.2, -0.15) is 0 Å². The molecular weight excluding hydrogens is 536 g/mol. The number of nitrogens with zero attached hydrogens (tertiary/aromatic N) is 2. The van der Waals surface area contributed by atoms with Crippen molar-refractivity contribution < 1.29 is 38.4 Å². The maximum Gasteiger partial charge on any atom is 0.301 e. The fourth-order valence-corrected chi connectivity index (χ4v) is 5.73. The Hall–Kier alpha value is -4.38. The molecule has 0 unspecified atom stereocenters. The molecular formula is C29H28N2O8S. The number of aliphatic hydroxyl groups is 1. The van der Waals surface area contributed by atoms with Gasteiger partial charge in [0, 0.05) is 12.5 Å². The van der Waals surface area contributed by atoms with Gasteiger partial charge < -0.3 is 24.1 Å². The number of thiazole rings is 1. The minimum Gasteiger partial charge on any atom is -0.507 e. The van der Waals surface area contributed by atoms with Crippen LogP contribution < -0.4 is 23.8 Å². The predicted octanol–water partition coefficient (Wildman–Crippen LogP) is 4.85. The first kappa shape index (κ1) is 27.2. The van der Waals surface area contributed by atoms with Crippen molar-refractivity contribution in [3.63, 3.8) is 0 Å². The Morgan fingerprint density at radius 3 is 2.42 bits per heavy atom. The molecule has 5 rings (SSSR count). The molecule has 1 atom stereocenters. The SMILES string of the molecule is CCOc1ccc([C@H]2C(=C(O)c3ccc4c(c3)OCCO4)C(=O)C(=O)N2c2nc(C)c(C(C)=O)s2)cc1OCC. The van der Waals surface area contributed by atoms with Crippen LogP contribution in [0.4, 0.5) is 5.13 Å². The highest BCUT2D eigenvalue weighted by Crippen LogP contribution is 2.46. The number of hydrogen-bond donors (Lipinski definition) is 1. The van der Waals surface area contributed by atoms with Crippen molar-refractivity contribution in [1.29, 1.82) is 0 Å². The molecule has 2 aliphatic heterocycles. The van der Waals surface area contributed by atoms with E-state index in [0.717, 1.165) is 11.3 Å². The number of aliphatic hydroxyl groups excluding tert-OH is 1. The molecule has 0 radical (unpaired) electrons. The molecule has 40 heavy (non-hydrogen) atoms. The lowest BCUT2D eigenvalue weighted by atomic mass is 9.95. The number of ketones is 2. The molecule has 1 fully saturated rings. The Labute approximate surface area is 234 Å². The van der Waals surface area contributed by atoms with Gasteiger partial charge in [0.25, 0.3) is 5.78 Å². The van der Waals surface area contributed by atoms with Crippen molar-refractivity contribution in [2.75, 3.05) is 31.3 Å². The zero-order valence-corrected chi connectivity index (χ0v) is 23.3. The molecule has 1 amide bonds. The number of hydrogen-bond acceptors (Lipinski definition) is 10. The monoisotopic (exact) mass is 564 g/mol. The first-order chi connectivity index (χ1) is 19.2. The first-order valence-corrected chi connectivity index (χ1v) is 13.7. The van der Waals surface area contributed by atoms with Crippen molar-refractivity contribution in [3.8, 4) is 23.0 Å². The highest BCUT2D eigenvalue weighted by atomic mass is 32.1. The largest absolute Gasteiger partial charge is 0.507 e. The maximum absolute atomic E-state index is 13.6. The Kier molecular flexibility index (Phi) is 7.49. The minimum atomic E-state index is -1.06. The van der Waals surface area contributed by atoms with Gasteiger partial charge in [-0.3, -0.25) is 19.3 Å². The number of rotatable bonds is 8. The predicted molar refractivity (Wildman–Crippen MR) is 148 cm³/mol. The van der Waals surface area contributed by atoms with Crippen LogP contribution >= 0.6 is 11.3 Å². The van der Waals surface area contributed by atoms with Gasteiger partial charge in [-0.1, -0.05) is 17.4 Å². The van der Waals surface area contributed by atoms with E-state index in [1.807, 2.05) is 13.8 Å². The van der Waals surface area contributed by atoms with E-state index < -0.39 is 17.7 Å². The molecule has 1 saturated heterocycles. The number of benzene rings is 2. The third-order valence-electron chi connectivity index (χ3n) is 6.45. The average Bonchev–Trinajstić information content (AvgIpc) is 3.45. The highest BCUT2D eigenvalue weighted by molar-refractivity contribution is 7.18. The lowest BCUT2D eigenvalue weighted by molar-refractivity contribution is -0.132. The number of carbonyl (C=O) groups excluding carboxylic acids is 3. The van der Waals surface area contributed by atoms with E-state index >= 15 is 0 Å². The van der Waals surface area contributed by atoms with Crippen LogP contribution in [-0.2, 0) is 9.59 Å². The fourth-order valence-electron chi connectivity index (χ4n) is 4.74. The van der Waals surface area contributed by atoms with Crippen molar-refractivity contribution in [2.24, 2.45) is 0 Å². The second kappa shape index (κ2) is 11.0. The lowest BCUT2D eigenvalue weighted by Gasteiger charge is -2.24. The molecule has 0 bridgehead atoms. The van der Waals surface area contributed by atoms with Crippen LogP contribution in [0.15, 0.2) is 42.0 Å². The van der Waals surface area contributed by atoms with E-state index in [-0.39, 0.29) is 27.8 Å². The van der Waals surface area contributed by atoms with Crippen molar-refractivity contribution in [2.45, 2.75) is 33.7 Å². The lowest BCUT2D eigenvalue weighted by Crippen LogP contribution is -2.29. The number of carbonyl (C=O) groups is 3. The number of ether oxygens (including phenoxy) is 4. The molecule has 1 N–H and O–H groups in total. The summed E-state index contributed by atoms with van der Waals surface area (Å²) in [5.74, 6) is -0.487. The summed E-state index contributed by atoms with van der Waals surface area (Å²) in [5, 5.41) is 11.7. The summed E-state index contributed by atoms with van der Waals surface area (Å²) in [6, 6.07) is 8.83. The smallest absolute Gasteiger partial charge is 0.301 e. The third kappa shape index (κ3) is 4.77. The second-order valence-electron chi connectivity index (χ2n) is 9.07. The van der Waals surface area contributed by atoms with Gasteiger partial charge in [0.15, 0.2) is 33.9 Å². The quantitative estimate of drug-likeness (QED) is 0.177. The van der Waals surface area contributed by atoms with E-state index in [0.29, 0.717) is 65.6 Å². The Morgan fingerprint density at radius 1 is 1.05 bits per heavy atom. The zero-order valence-electron chi connectivity index (χ0n) is 22.5. The molecule has 208 valence electrons. The van der Waals surface area contributed by atoms with Gasteiger partial charge in [0.1, 0.15) is 19.0 Å². The molecule has 2 aromatic carbocycles. The molecule has 3 aromatic rings. The highest BCUT2D eigenvalue weighted by Gasteiger charge is 2.48. The van der Waals surface area contributed by atoms with E-state index in [1.54, 1.807) is 43.3 Å². The van der Waals surface area contributed by atoms with Crippen LogP contribution in [-0.4, -0.2) is 54.0 Å². The Bertz CT molecular complexity index is 1540. The molecule has 0 spiro atoms. The molecule has 1 aromatic heterocycles. The molecule has 0 saturated carbocycles. The van der Waals surface area contributed by atoms with Gasteiger partial charge >= 0.3 is 5.91 Å². The summed E-state index contributed by atoms with van der Waals surface area (Å²) >= 11 is 1.02. The van der Waals surface area contributed by atoms with E-state index in [4.69, 9.17) is 18.9 Å².